The van der Waals surface area contributed by atoms with Crippen molar-refractivity contribution >= 4 is 40.1 Å². The standard InChI is InChI=1S/C25H22ClF5N4O3/c26-15-1-2-16-14(12-32-20(16)9-15)5-8-34-6-3-13(4-7-34)22-33-23(36)17-10-18(27)19(28)11-21(17)35(22)38-24(37)25(29,30)31/h1-2,9-13,22,32H,3-8H2,(H,33,36). The van der Waals surface area contributed by atoms with Gasteiger partial charge in [-0.25, -0.2) is 13.6 Å². The first-order valence-electron chi connectivity index (χ1n) is 11.9. The maximum absolute atomic E-state index is 14.0. The molecular weight excluding hydrogens is 535 g/mol. The van der Waals surface area contributed by atoms with Gasteiger partial charge in [-0.3, -0.25) is 4.79 Å². The Morgan fingerprint density at radius 1 is 1.11 bits per heavy atom. The highest BCUT2D eigenvalue weighted by Crippen LogP contribution is 2.35. The quantitative estimate of drug-likeness (QED) is 0.435. The molecular formula is C25H22ClF5N4O3. The number of piperidine rings is 1. The molecule has 1 fully saturated rings. The van der Waals surface area contributed by atoms with Gasteiger partial charge in [-0.1, -0.05) is 17.7 Å². The molecule has 2 aliphatic rings. The monoisotopic (exact) mass is 556 g/mol. The Kier molecular flexibility index (Phi) is 6.95. The predicted molar refractivity (Wildman–Crippen MR) is 128 cm³/mol. The van der Waals surface area contributed by atoms with Crippen molar-refractivity contribution in [1.82, 2.24) is 15.2 Å². The Morgan fingerprint density at radius 3 is 2.53 bits per heavy atom. The number of carbonyl (C=O) groups is 2. The first kappa shape index (κ1) is 26.2. The van der Waals surface area contributed by atoms with Crippen LogP contribution in [0, 0.1) is 17.6 Å². The van der Waals surface area contributed by atoms with E-state index in [2.05, 4.69) is 20.0 Å². The molecule has 0 spiro atoms. The third kappa shape index (κ3) is 5.14. The summed E-state index contributed by atoms with van der Waals surface area (Å²) in [5.41, 5.74) is 1.17. The Bertz CT molecular complexity index is 1390. The number of anilines is 1. The molecule has 13 heteroatoms. The van der Waals surface area contributed by atoms with Gasteiger partial charge in [0.15, 0.2) is 11.6 Å². The van der Waals surface area contributed by atoms with Crippen LogP contribution >= 0.6 is 11.6 Å². The molecule has 0 aliphatic carbocycles. The van der Waals surface area contributed by atoms with Crippen LogP contribution in [0.25, 0.3) is 10.9 Å². The van der Waals surface area contributed by atoms with E-state index in [1.807, 2.05) is 24.4 Å². The van der Waals surface area contributed by atoms with Crippen molar-refractivity contribution in [3.05, 3.63) is 64.3 Å². The number of hydroxylamine groups is 1. The van der Waals surface area contributed by atoms with Gasteiger partial charge < -0.3 is 20.0 Å². The highest BCUT2D eigenvalue weighted by molar-refractivity contribution is 6.31. The summed E-state index contributed by atoms with van der Waals surface area (Å²) in [4.78, 5) is 34.3. The lowest BCUT2D eigenvalue weighted by Crippen LogP contribution is -2.59. The fourth-order valence-electron chi connectivity index (χ4n) is 5.01. The minimum absolute atomic E-state index is 0.423. The third-order valence-corrected chi connectivity index (χ3v) is 7.21. The lowest BCUT2D eigenvalue weighted by atomic mass is 9.91. The molecule has 0 saturated carbocycles. The van der Waals surface area contributed by atoms with Crippen LogP contribution in [0.1, 0.15) is 28.8 Å². The molecule has 0 radical (unpaired) electrons. The van der Waals surface area contributed by atoms with E-state index in [1.165, 1.54) is 0 Å². The molecule has 0 bridgehead atoms. The van der Waals surface area contributed by atoms with E-state index >= 15 is 0 Å². The maximum Gasteiger partial charge on any atom is 0.493 e. The Morgan fingerprint density at radius 2 is 1.82 bits per heavy atom. The molecule has 5 rings (SSSR count). The number of nitrogens with one attached hydrogen (secondary N) is 2. The Labute approximate surface area is 218 Å². The average molecular weight is 557 g/mol. The molecule has 2 N–H and O–H groups in total. The van der Waals surface area contributed by atoms with Crippen molar-refractivity contribution in [2.24, 2.45) is 5.92 Å². The summed E-state index contributed by atoms with van der Waals surface area (Å²) in [6, 6.07) is 6.74. The van der Waals surface area contributed by atoms with Crippen LogP contribution in [-0.2, 0) is 16.1 Å². The van der Waals surface area contributed by atoms with Crippen LogP contribution in [0.15, 0.2) is 36.5 Å². The van der Waals surface area contributed by atoms with Crippen molar-refractivity contribution in [2.75, 3.05) is 24.7 Å². The van der Waals surface area contributed by atoms with Gasteiger partial charge in [-0.2, -0.15) is 18.2 Å². The van der Waals surface area contributed by atoms with Gasteiger partial charge in [-0.05, 0) is 56.1 Å². The molecule has 1 atom stereocenters. The summed E-state index contributed by atoms with van der Waals surface area (Å²) in [5.74, 6) is -6.50. The summed E-state index contributed by atoms with van der Waals surface area (Å²) in [5, 5.41) is 4.76. The molecule has 202 valence electrons. The molecule has 38 heavy (non-hydrogen) atoms. The van der Waals surface area contributed by atoms with E-state index < -0.39 is 53.0 Å². The summed E-state index contributed by atoms with van der Waals surface area (Å²) < 4.78 is 66.8. The van der Waals surface area contributed by atoms with E-state index in [4.69, 9.17) is 11.6 Å². The number of hydrogen-bond acceptors (Lipinski definition) is 5. The van der Waals surface area contributed by atoms with Gasteiger partial charge in [0.2, 0.25) is 0 Å². The fraction of sp³-hybridized carbons (Fsp3) is 0.360. The van der Waals surface area contributed by atoms with Gasteiger partial charge in [0.05, 0.1) is 11.3 Å². The lowest BCUT2D eigenvalue weighted by Gasteiger charge is -2.43. The highest BCUT2D eigenvalue weighted by atomic mass is 35.5. The molecule has 2 aliphatic heterocycles. The number of carbonyl (C=O) groups excluding carboxylic acids is 2. The van der Waals surface area contributed by atoms with Crippen LogP contribution < -0.4 is 10.4 Å². The van der Waals surface area contributed by atoms with E-state index in [0.717, 1.165) is 29.4 Å². The largest absolute Gasteiger partial charge is 0.493 e. The molecule has 7 nitrogen and oxygen atoms in total. The van der Waals surface area contributed by atoms with Crippen molar-refractivity contribution in [3.8, 4) is 0 Å². The number of alkyl halides is 3. The second-order valence-electron chi connectivity index (χ2n) is 9.34. The number of aromatic nitrogens is 1. The van der Waals surface area contributed by atoms with Gasteiger partial charge >= 0.3 is 12.1 Å². The van der Waals surface area contributed by atoms with Gasteiger partial charge in [0.1, 0.15) is 6.17 Å². The zero-order chi connectivity index (χ0) is 27.2. The number of rotatable bonds is 5. The van der Waals surface area contributed by atoms with Crippen molar-refractivity contribution < 1.29 is 36.4 Å². The smallest absolute Gasteiger partial charge is 0.361 e. The van der Waals surface area contributed by atoms with Gasteiger partial charge in [0, 0.05) is 40.7 Å². The van der Waals surface area contributed by atoms with Crippen molar-refractivity contribution in [2.45, 2.75) is 31.6 Å². The third-order valence-electron chi connectivity index (χ3n) is 6.97. The number of halogens is 6. The molecule has 3 aromatic rings. The number of likely N-dealkylation sites (tertiary alicyclic amines) is 1. The molecule has 3 heterocycles. The number of aromatic amines is 1. The minimum atomic E-state index is -5.33. The van der Waals surface area contributed by atoms with Crippen LogP contribution in [0.5, 0.6) is 0 Å². The number of hydrogen-bond donors (Lipinski definition) is 2. The summed E-state index contributed by atoms with van der Waals surface area (Å²) in [6.07, 6.45) is -2.94. The van der Waals surface area contributed by atoms with Gasteiger partial charge in [0.25, 0.3) is 5.91 Å². The van der Waals surface area contributed by atoms with Crippen LogP contribution in [0.2, 0.25) is 5.02 Å². The molecule has 1 amide bonds. The maximum atomic E-state index is 14.0. The second-order valence-corrected chi connectivity index (χ2v) is 9.77. The predicted octanol–water partition coefficient (Wildman–Crippen LogP) is 4.95. The number of nitrogens with zero attached hydrogens (tertiary/aromatic N) is 2. The fourth-order valence-corrected chi connectivity index (χ4v) is 5.19. The van der Waals surface area contributed by atoms with Crippen LogP contribution in [-0.4, -0.2) is 53.7 Å². The first-order valence-corrected chi connectivity index (χ1v) is 12.2. The SMILES string of the molecule is O=C1NC(C2CCN(CCc3c[nH]c4cc(Cl)ccc34)CC2)N(OC(=O)C(F)(F)F)c2cc(F)c(F)cc21. The summed E-state index contributed by atoms with van der Waals surface area (Å²) in [7, 11) is 0. The summed E-state index contributed by atoms with van der Waals surface area (Å²) in [6.45, 7) is 1.85. The van der Waals surface area contributed by atoms with Crippen molar-refractivity contribution in [3.63, 3.8) is 0 Å². The topological polar surface area (TPSA) is 77.7 Å². The number of amides is 1. The molecule has 1 saturated heterocycles. The number of fused-ring (bicyclic) bond motifs is 2. The lowest BCUT2D eigenvalue weighted by molar-refractivity contribution is -0.203. The van der Waals surface area contributed by atoms with E-state index in [0.29, 0.717) is 48.1 Å². The minimum Gasteiger partial charge on any atom is -0.361 e. The normalized spacial score (nSPS) is 18.9. The van der Waals surface area contributed by atoms with E-state index in [1.54, 1.807) is 0 Å². The summed E-state index contributed by atoms with van der Waals surface area (Å²) >= 11 is 6.04. The molecule has 1 aromatic heterocycles. The highest BCUT2D eigenvalue weighted by Gasteiger charge is 2.47. The second kappa shape index (κ2) is 10.1. The molecule has 1 unspecified atom stereocenters. The Balaban J connectivity index is 1.29. The van der Waals surface area contributed by atoms with Crippen molar-refractivity contribution in [1.29, 1.82) is 0 Å². The van der Waals surface area contributed by atoms with E-state index in [9.17, 15) is 31.5 Å². The van der Waals surface area contributed by atoms with Crippen LogP contribution in [0.3, 0.4) is 0 Å². The van der Waals surface area contributed by atoms with Gasteiger partial charge in [-0.15, -0.1) is 0 Å². The first-order chi connectivity index (χ1) is 18.0. The Hall–Kier alpha value is -3.38. The average Bonchev–Trinajstić information content (AvgIpc) is 3.27. The van der Waals surface area contributed by atoms with Crippen LogP contribution in [0.4, 0.5) is 27.6 Å². The number of benzene rings is 2. The zero-order valence-corrected chi connectivity index (χ0v) is 20.5. The number of H-pyrrole nitrogens is 1. The van der Waals surface area contributed by atoms with E-state index in [-0.39, 0.29) is 0 Å². The zero-order valence-electron chi connectivity index (χ0n) is 19.7. The molecule has 2 aromatic carbocycles.